The number of nitrogens with one attached hydrogen (secondary N) is 1. The maximum atomic E-state index is 13.0. The SMILES string of the molecule is CC(C)C1NC2(CCCC2)C(=O)N1CC1CSCCS1. The molecule has 1 spiro atoms. The molecule has 0 aromatic rings. The Morgan fingerprint density at radius 2 is 2.10 bits per heavy atom. The van der Waals surface area contributed by atoms with Crippen molar-refractivity contribution in [3.05, 3.63) is 0 Å². The average molecular weight is 315 g/mol. The van der Waals surface area contributed by atoms with Gasteiger partial charge in [0, 0.05) is 29.1 Å². The largest absolute Gasteiger partial charge is 0.324 e. The van der Waals surface area contributed by atoms with Crippen LogP contribution in [0.3, 0.4) is 0 Å². The molecule has 3 aliphatic rings. The van der Waals surface area contributed by atoms with Crippen LogP contribution in [0.15, 0.2) is 0 Å². The Morgan fingerprint density at radius 3 is 2.70 bits per heavy atom. The van der Waals surface area contributed by atoms with Gasteiger partial charge >= 0.3 is 0 Å². The monoisotopic (exact) mass is 314 g/mol. The molecule has 1 saturated carbocycles. The number of thioether (sulfide) groups is 2. The van der Waals surface area contributed by atoms with Gasteiger partial charge in [-0.3, -0.25) is 10.1 Å². The average Bonchev–Trinajstić information content (AvgIpc) is 3.02. The van der Waals surface area contributed by atoms with Gasteiger partial charge in [-0.25, -0.2) is 0 Å². The number of hydrogen-bond acceptors (Lipinski definition) is 4. The Labute approximate surface area is 131 Å². The molecule has 114 valence electrons. The molecule has 0 aromatic heterocycles. The fourth-order valence-corrected chi connectivity index (χ4v) is 6.41. The van der Waals surface area contributed by atoms with Crippen molar-refractivity contribution >= 4 is 29.4 Å². The standard InChI is InChI=1S/C15H26N2OS2/c1-11(2)13-16-15(5-3-4-6-15)14(18)17(13)9-12-10-19-7-8-20-12/h11-13,16H,3-10H2,1-2H3. The zero-order chi connectivity index (χ0) is 14.2. The molecule has 0 aromatic carbocycles. The summed E-state index contributed by atoms with van der Waals surface area (Å²) in [5.41, 5.74) is -0.207. The van der Waals surface area contributed by atoms with Gasteiger partial charge in [0.05, 0.1) is 11.7 Å². The van der Waals surface area contributed by atoms with E-state index in [1.54, 1.807) is 0 Å². The van der Waals surface area contributed by atoms with E-state index in [1.165, 1.54) is 30.1 Å². The van der Waals surface area contributed by atoms with Gasteiger partial charge in [-0.05, 0) is 18.8 Å². The first-order valence-electron chi connectivity index (χ1n) is 7.90. The van der Waals surface area contributed by atoms with E-state index < -0.39 is 0 Å². The van der Waals surface area contributed by atoms with Crippen LogP contribution in [0, 0.1) is 5.92 Å². The highest BCUT2D eigenvalue weighted by Gasteiger charge is 2.53. The fraction of sp³-hybridized carbons (Fsp3) is 0.933. The van der Waals surface area contributed by atoms with Gasteiger partial charge in [-0.15, -0.1) is 0 Å². The summed E-state index contributed by atoms with van der Waals surface area (Å²) in [5.74, 6) is 4.59. The molecule has 1 amide bonds. The van der Waals surface area contributed by atoms with Crippen LogP contribution in [0.2, 0.25) is 0 Å². The lowest BCUT2D eigenvalue weighted by Gasteiger charge is -2.31. The topological polar surface area (TPSA) is 32.3 Å². The van der Waals surface area contributed by atoms with E-state index >= 15 is 0 Å². The lowest BCUT2D eigenvalue weighted by Crippen LogP contribution is -2.46. The number of carbonyl (C=O) groups is 1. The summed E-state index contributed by atoms with van der Waals surface area (Å²) < 4.78 is 0. The second-order valence-electron chi connectivity index (χ2n) is 6.65. The summed E-state index contributed by atoms with van der Waals surface area (Å²) in [6.07, 6.45) is 4.72. The van der Waals surface area contributed by atoms with E-state index in [9.17, 15) is 4.79 Å². The molecule has 0 radical (unpaired) electrons. The fourth-order valence-electron chi connectivity index (χ4n) is 3.75. The number of hydrogen-bond donors (Lipinski definition) is 1. The summed E-state index contributed by atoms with van der Waals surface area (Å²) in [5, 5.41) is 4.34. The third-order valence-electron chi connectivity index (χ3n) is 4.80. The molecule has 3 fully saturated rings. The Balaban J connectivity index is 1.73. The highest BCUT2D eigenvalue weighted by atomic mass is 32.2. The van der Waals surface area contributed by atoms with E-state index in [1.807, 2.05) is 11.8 Å². The van der Waals surface area contributed by atoms with Crippen LogP contribution < -0.4 is 5.32 Å². The minimum absolute atomic E-state index is 0.207. The summed E-state index contributed by atoms with van der Waals surface area (Å²) >= 11 is 4.10. The molecular formula is C15H26N2OS2. The third kappa shape index (κ3) is 2.73. The van der Waals surface area contributed by atoms with Gasteiger partial charge in [0.15, 0.2) is 0 Å². The molecule has 0 bridgehead atoms. The predicted octanol–water partition coefficient (Wildman–Crippen LogP) is 2.56. The highest BCUT2D eigenvalue weighted by Crippen LogP contribution is 2.38. The van der Waals surface area contributed by atoms with E-state index in [-0.39, 0.29) is 11.7 Å². The van der Waals surface area contributed by atoms with Gasteiger partial charge in [0.25, 0.3) is 0 Å². The van der Waals surface area contributed by atoms with Crippen molar-refractivity contribution in [2.24, 2.45) is 5.92 Å². The lowest BCUT2D eigenvalue weighted by atomic mass is 9.98. The van der Waals surface area contributed by atoms with Crippen molar-refractivity contribution in [2.75, 3.05) is 23.8 Å². The second-order valence-corrected chi connectivity index (χ2v) is 9.21. The van der Waals surface area contributed by atoms with Crippen LogP contribution in [0.4, 0.5) is 0 Å². The van der Waals surface area contributed by atoms with Gasteiger partial charge in [-0.1, -0.05) is 26.7 Å². The van der Waals surface area contributed by atoms with Crippen molar-refractivity contribution in [3.8, 4) is 0 Å². The molecular weight excluding hydrogens is 288 g/mol. The Morgan fingerprint density at radius 1 is 1.35 bits per heavy atom. The first-order chi connectivity index (χ1) is 9.62. The first kappa shape index (κ1) is 15.0. The number of amides is 1. The molecule has 5 heteroatoms. The lowest BCUT2D eigenvalue weighted by molar-refractivity contribution is -0.133. The van der Waals surface area contributed by atoms with Crippen molar-refractivity contribution in [1.29, 1.82) is 0 Å². The van der Waals surface area contributed by atoms with Gasteiger partial charge in [0.2, 0.25) is 5.91 Å². The minimum Gasteiger partial charge on any atom is -0.324 e. The Kier molecular flexibility index (Phi) is 4.58. The van der Waals surface area contributed by atoms with Gasteiger partial charge in [0.1, 0.15) is 0 Å². The van der Waals surface area contributed by atoms with Crippen molar-refractivity contribution in [1.82, 2.24) is 10.2 Å². The van der Waals surface area contributed by atoms with Crippen LogP contribution in [-0.2, 0) is 4.79 Å². The Hall–Kier alpha value is 0.130. The third-order valence-corrected chi connectivity index (χ3v) is 7.63. The molecule has 2 saturated heterocycles. The smallest absolute Gasteiger partial charge is 0.244 e. The van der Waals surface area contributed by atoms with Crippen molar-refractivity contribution in [2.45, 2.75) is 56.5 Å². The molecule has 3 rings (SSSR count). The van der Waals surface area contributed by atoms with E-state index in [0.717, 1.165) is 19.4 Å². The van der Waals surface area contributed by atoms with Crippen LogP contribution >= 0.6 is 23.5 Å². The number of rotatable bonds is 3. The molecule has 1 N–H and O–H groups in total. The molecule has 3 nitrogen and oxygen atoms in total. The summed E-state index contributed by atoms with van der Waals surface area (Å²) in [4.78, 5) is 15.1. The zero-order valence-electron chi connectivity index (χ0n) is 12.6. The molecule has 2 aliphatic heterocycles. The predicted molar refractivity (Wildman–Crippen MR) is 88.2 cm³/mol. The maximum absolute atomic E-state index is 13.0. The van der Waals surface area contributed by atoms with Crippen LogP contribution in [0.1, 0.15) is 39.5 Å². The first-order valence-corrected chi connectivity index (χ1v) is 10.1. The number of carbonyl (C=O) groups excluding carboxylic acids is 1. The molecule has 2 atom stereocenters. The van der Waals surface area contributed by atoms with Crippen LogP contribution in [0.25, 0.3) is 0 Å². The molecule has 1 aliphatic carbocycles. The van der Waals surface area contributed by atoms with E-state index in [2.05, 4.69) is 35.8 Å². The minimum atomic E-state index is -0.207. The summed E-state index contributed by atoms with van der Waals surface area (Å²) in [6, 6.07) is 0. The van der Waals surface area contributed by atoms with Gasteiger partial charge in [-0.2, -0.15) is 23.5 Å². The maximum Gasteiger partial charge on any atom is 0.244 e. The Bertz CT molecular complexity index is 363. The molecule has 2 unspecified atom stereocenters. The van der Waals surface area contributed by atoms with Crippen LogP contribution in [-0.4, -0.2) is 51.6 Å². The van der Waals surface area contributed by atoms with Crippen molar-refractivity contribution in [3.63, 3.8) is 0 Å². The van der Waals surface area contributed by atoms with Gasteiger partial charge < -0.3 is 4.90 Å². The second kappa shape index (κ2) is 6.09. The normalized spacial score (nSPS) is 33.5. The quantitative estimate of drug-likeness (QED) is 0.868. The molecule has 2 heterocycles. The van der Waals surface area contributed by atoms with E-state index in [4.69, 9.17) is 0 Å². The van der Waals surface area contributed by atoms with Crippen molar-refractivity contribution < 1.29 is 4.79 Å². The highest BCUT2D eigenvalue weighted by molar-refractivity contribution is 8.06. The number of nitrogens with zero attached hydrogens (tertiary/aromatic N) is 1. The molecule has 20 heavy (non-hydrogen) atoms. The van der Waals surface area contributed by atoms with E-state index in [0.29, 0.717) is 17.1 Å². The zero-order valence-corrected chi connectivity index (χ0v) is 14.2. The summed E-state index contributed by atoms with van der Waals surface area (Å²) in [6.45, 7) is 5.40. The van der Waals surface area contributed by atoms with Crippen LogP contribution in [0.5, 0.6) is 0 Å². The summed E-state index contributed by atoms with van der Waals surface area (Å²) in [7, 11) is 0.